The molecule has 0 spiro atoms. The van der Waals surface area contributed by atoms with Gasteiger partial charge in [-0.15, -0.1) is 11.2 Å². The third kappa shape index (κ3) is 5.89. The van der Waals surface area contributed by atoms with Crippen LogP contribution in [0.3, 0.4) is 0 Å². The van der Waals surface area contributed by atoms with Crippen LogP contribution in [0.1, 0.15) is 20.8 Å². The smallest absolute Gasteiger partial charge is 0.218 e. The summed E-state index contributed by atoms with van der Waals surface area (Å²) in [5.41, 5.74) is -0.402. The van der Waals surface area contributed by atoms with Crippen molar-refractivity contribution in [3.05, 3.63) is 0 Å². The molecule has 0 aromatic heterocycles. The maximum Gasteiger partial charge on any atom is 0.218 e. The fraction of sp³-hybridized carbons (Fsp3) is 0.625. The van der Waals surface area contributed by atoms with Crippen molar-refractivity contribution < 1.29 is 4.79 Å². The van der Waals surface area contributed by atoms with Crippen LogP contribution in [0.25, 0.3) is 0 Å². The number of hydrogen-bond acceptors (Lipinski definition) is 2. The largest absolute Gasteiger partial charge is 0.340 e. The fourth-order valence-electron chi connectivity index (χ4n) is 0.724. The molecular weight excluding hydrogens is 172 g/mol. The summed E-state index contributed by atoms with van der Waals surface area (Å²) < 4.78 is 0. The molecule has 0 saturated heterocycles. The van der Waals surface area contributed by atoms with Gasteiger partial charge < -0.3 is 5.32 Å². The summed E-state index contributed by atoms with van der Waals surface area (Å²) in [6.45, 7) is 8.59. The lowest BCUT2D eigenvalue weighted by Crippen LogP contribution is -2.40. The molecule has 0 fully saturated rings. The molecular formula is C8H14N2OS. The minimum atomic E-state index is -0.402. The highest BCUT2D eigenvalue weighted by Gasteiger charge is 2.13. The van der Waals surface area contributed by atoms with Gasteiger partial charge in [-0.25, -0.2) is 0 Å². The van der Waals surface area contributed by atoms with Crippen LogP contribution in [0.2, 0.25) is 0 Å². The SMILES string of the molecule is C=NCS#CC(C)(C)NC(C)=O. The highest BCUT2D eigenvalue weighted by molar-refractivity contribution is 7.88. The minimum Gasteiger partial charge on any atom is -0.340 e. The Morgan fingerprint density at radius 3 is 2.75 bits per heavy atom. The van der Waals surface area contributed by atoms with E-state index in [1.807, 2.05) is 13.8 Å². The van der Waals surface area contributed by atoms with Gasteiger partial charge in [0, 0.05) is 6.92 Å². The van der Waals surface area contributed by atoms with Crippen LogP contribution in [0.5, 0.6) is 0 Å². The first-order valence-electron chi connectivity index (χ1n) is 3.58. The summed E-state index contributed by atoms with van der Waals surface area (Å²) in [6, 6.07) is 0. The van der Waals surface area contributed by atoms with Crippen molar-refractivity contribution in [3.63, 3.8) is 0 Å². The second kappa shape index (κ2) is 4.91. The van der Waals surface area contributed by atoms with Crippen molar-refractivity contribution in [2.45, 2.75) is 26.3 Å². The number of aliphatic imine (C=N–C) groups is 1. The summed E-state index contributed by atoms with van der Waals surface area (Å²) in [4.78, 5) is 14.4. The second-order valence-corrected chi connectivity index (χ2v) is 3.66. The van der Waals surface area contributed by atoms with Gasteiger partial charge in [0.2, 0.25) is 5.91 Å². The Morgan fingerprint density at radius 1 is 1.75 bits per heavy atom. The Labute approximate surface area is 76.9 Å². The van der Waals surface area contributed by atoms with Gasteiger partial charge in [-0.1, -0.05) is 5.18 Å². The Morgan fingerprint density at radius 2 is 2.33 bits per heavy atom. The van der Waals surface area contributed by atoms with Gasteiger partial charge in [0.1, 0.15) is 5.88 Å². The van der Waals surface area contributed by atoms with Crippen LogP contribution < -0.4 is 5.32 Å². The third-order valence-corrected chi connectivity index (χ3v) is 1.94. The number of carbonyl (C=O) groups excluding carboxylic acids is 1. The van der Waals surface area contributed by atoms with E-state index in [9.17, 15) is 4.79 Å². The summed E-state index contributed by atoms with van der Waals surface area (Å²) in [6.07, 6.45) is 0. The van der Waals surface area contributed by atoms with E-state index in [2.05, 4.69) is 22.2 Å². The number of amides is 1. The number of nitrogens with one attached hydrogen (secondary N) is 1. The molecule has 12 heavy (non-hydrogen) atoms. The van der Waals surface area contributed by atoms with Crippen LogP contribution >= 0.6 is 11.2 Å². The van der Waals surface area contributed by atoms with E-state index in [-0.39, 0.29) is 5.91 Å². The molecule has 0 bridgehead atoms. The van der Waals surface area contributed by atoms with E-state index in [1.165, 1.54) is 18.1 Å². The standard InChI is InChI=1S/C8H14N2OS/c1-7(11)10-8(2,3)5-12-6-9-4/h4,6H2,1-3H3,(H,10,11). The molecule has 0 radical (unpaired) electrons. The van der Waals surface area contributed by atoms with Crippen LogP contribution in [0.15, 0.2) is 4.99 Å². The van der Waals surface area contributed by atoms with Gasteiger partial charge in [0.25, 0.3) is 0 Å². The molecule has 3 nitrogen and oxygen atoms in total. The molecule has 0 aliphatic rings. The molecule has 68 valence electrons. The van der Waals surface area contributed by atoms with Crippen LogP contribution in [-0.4, -0.2) is 24.0 Å². The summed E-state index contributed by atoms with van der Waals surface area (Å²) in [5.74, 6) is 0.517. The quantitative estimate of drug-likeness (QED) is 0.648. The second-order valence-electron chi connectivity index (χ2n) is 2.91. The van der Waals surface area contributed by atoms with Crippen molar-refractivity contribution in [2.24, 2.45) is 4.99 Å². The summed E-state index contributed by atoms with van der Waals surface area (Å²) >= 11 is 1.41. The molecule has 1 N–H and O–H groups in total. The molecule has 0 unspecified atom stereocenters. The van der Waals surface area contributed by atoms with Crippen molar-refractivity contribution in [2.75, 3.05) is 5.88 Å². The van der Waals surface area contributed by atoms with E-state index < -0.39 is 5.54 Å². The maximum absolute atomic E-state index is 10.7. The van der Waals surface area contributed by atoms with Crippen molar-refractivity contribution in [3.8, 4) is 5.18 Å². The predicted molar refractivity (Wildman–Crippen MR) is 53.8 cm³/mol. The number of nitrogens with zero attached hydrogens (tertiary/aromatic N) is 1. The lowest BCUT2D eigenvalue weighted by molar-refractivity contribution is -0.119. The van der Waals surface area contributed by atoms with E-state index in [4.69, 9.17) is 0 Å². The van der Waals surface area contributed by atoms with E-state index >= 15 is 0 Å². The molecule has 0 rings (SSSR count). The molecule has 0 saturated carbocycles. The number of hydrogen-bond donors (Lipinski definition) is 1. The number of carbonyl (C=O) groups is 1. The Balaban J connectivity index is 4.13. The highest BCUT2D eigenvalue weighted by atomic mass is 32.1. The Hall–Kier alpha value is -0.860. The van der Waals surface area contributed by atoms with Gasteiger partial charge >= 0.3 is 0 Å². The monoisotopic (exact) mass is 186 g/mol. The van der Waals surface area contributed by atoms with Gasteiger partial charge in [-0.05, 0) is 20.6 Å². The first-order chi connectivity index (χ1) is 5.48. The first kappa shape index (κ1) is 11.1. The van der Waals surface area contributed by atoms with Gasteiger partial charge in [-0.3, -0.25) is 9.79 Å². The van der Waals surface area contributed by atoms with Gasteiger partial charge in [-0.2, -0.15) is 0 Å². The molecule has 0 heterocycles. The zero-order valence-electron chi connectivity index (χ0n) is 7.68. The number of rotatable bonds is 2. The molecule has 1 amide bonds. The molecule has 0 aliphatic carbocycles. The van der Waals surface area contributed by atoms with E-state index in [1.54, 1.807) is 0 Å². The van der Waals surface area contributed by atoms with Gasteiger partial charge in [0.15, 0.2) is 0 Å². The molecule has 0 aromatic carbocycles. The molecule has 0 aromatic rings. The topological polar surface area (TPSA) is 41.5 Å². The van der Waals surface area contributed by atoms with E-state index in [0.717, 1.165) is 0 Å². The first-order valence-corrected chi connectivity index (χ1v) is 4.56. The van der Waals surface area contributed by atoms with Crippen LogP contribution in [0.4, 0.5) is 0 Å². The average molecular weight is 186 g/mol. The van der Waals surface area contributed by atoms with Crippen molar-refractivity contribution in [1.29, 1.82) is 0 Å². The Kier molecular flexibility index (Phi) is 4.55. The highest BCUT2D eigenvalue weighted by Crippen LogP contribution is 2.01. The fourth-order valence-corrected chi connectivity index (χ4v) is 1.29. The summed E-state index contributed by atoms with van der Waals surface area (Å²) in [5, 5.41) is 5.79. The molecule has 0 atom stereocenters. The Bertz CT molecular complexity index is 237. The average Bonchev–Trinajstić information content (AvgIpc) is 1.84. The molecule has 0 aliphatic heterocycles. The zero-order chi connectivity index (χ0) is 9.61. The predicted octanol–water partition coefficient (Wildman–Crippen LogP) is 1.25. The van der Waals surface area contributed by atoms with E-state index in [0.29, 0.717) is 5.88 Å². The van der Waals surface area contributed by atoms with Crippen molar-refractivity contribution in [1.82, 2.24) is 5.32 Å². The molecule has 4 heteroatoms. The minimum absolute atomic E-state index is 0.0559. The van der Waals surface area contributed by atoms with Crippen LogP contribution in [0, 0.1) is 5.18 Å². The zero-order valence-corrected chi connectivity index (χ0v) is 8.49. The van der Waals surface area contributed by atoms with Gasteiger partial charge in [0.05, 0.1) is 5.54 Å². The normalized spacial score (nSPS) is 9.92. The lowest BCUT2D eigenvalue weighted by atomic mass is 10.1. The lowest BCUT2D eigenvalue weighted by Gasteiger charge is -2.17. The summed E-state index contributed by atoms with van der Waals surface area (Å²) in [7, 11) is 0. The van der Waals surface area contributed by atoms with Crippen LogP contribution in [-0.2, 0) is 4.79 Å². The maximum atomic E-state index is 10.7. The van der Waals surface area contributed by atoms with Crippen molar-refractivity contribution >= 4 is 23.8 Å². The third-order valence-electron chi connectivity index (χ3n) is 0.972.